The van der Waals surface area contributed by atoms with Crippen molar-refractivity contribution in [3.63, 3.8) is 0 Å². The number of rotatable bonds is 11. The van der Waals surface area contributed by atoms with Gasteiger partial charge in [-0.3, -0.25) is 4.79 Å². The van der Waals surface area contributed by atoms with E-state index in [2.05, 4.69) is 40.8 Å². The van der Waals surface area contributed by atoms with Crippen LogP contribution >= 0.6 is 11.6 Å². The topological polar surface area (TPSA) is 102 Å². The van der Waals surface area contributed by atoms with E-state index in [0.29, 0.717) is 54.1 Å². The number of halogens is 1. The van der Waals surface area contributed by atoms with Crippen molar-refractivity contribution < 1.29 is 19.1 Å². The summed E-state index contributed by atoms with van der Waals surface area (Å²) in [6, 6.07) is 16.5. The van der Waals surface area contributed by atoms with Crippen molar-refractivity contribution in [2.45, 2.75) is 59.1 Å². The fourth-order valence-corrected chi connectivity index (χ4v) is 3.74. The Morgan fingerprint density at radius 1 is 1.05 bits per heavy atom. The predicted molar refractivity (Wildman–Crippen MR) is 156 cm³/mol. The lowest BCUT2D eigenvalue weighted by Crippen LogP contribution is -2.33. The number of alkyl carbamates (subject to hydrolysis) is 1. The van der Waals surface area contributed by atoms with Crippen LogP contribution in [0.3, 0.4) is 0 Å². The molecule has 0 atom stereocenters. The molecule has 3 N–H and O–H groups in total. The number of anilines is 2. The Hall–Kier alpha value is -3.78. The van der Waals surface area contributed by atoms with Gasteiger partial charge in [0, 0.05) is 35.6 Å². The van der Waals surface area contributed by atoms with Crippen LogP contribution in [0.25, 0.3) is 0 Å². The third-order valence-corrected chi connectivity index (χ3v) is 5.86. The first-order valence-corrected chi connectivity index (χ1v) is 13.4. The maximum atomic E-state index is 13.0. The molecule has 0 saturated heterocycles. The first kappa shape index (κ1) is 29.8. The molecule has 3 aromatic rings. The van der Waals surface area contributed by atoms with Crippen LogP contribution in [0.4, 0.5) is 16.3 Å². The van der Waals surface area contributed by atoms with E-state index in [4.69, 9.17) is 21.1 Å². The van der Waals surface area contributed by atoms with Crippen LogP contribution in [0.1, 0.15) is 68.4 Å². The SMILES string of the molecule is CC(C)c1ccc(CNc2ncccc2C(=O)Nc2ccc(Cl)cc2)c(OCCCNC(=O)OC(C)(C)C)c1. The summed E-state index contributed by atoms with van der Waals surface area (Å²) in [5.41, 5.74) is 2.60. The van der Waals surface area contributed by atoms with Crippen LogP contribution in [-0.4, -0.2) is 35.7 Å². The third-order valence-electron chi connectivity index (χ3n) is 5.61. The molecule has 0 radical (unpaired) electrons. The Morgan fingerprint density at radius 2 is 1.79 bits per heavy atom. The Bertz CT molecular complexity index is 1260. The monoisotopic (exact) mass is 552 g/mol. The molecular formula is C30H37ClN4O4. The first-order chi connectivity index (χ1) is 18.5. The van der Waals surface area contributed by atoms with E-state index in [1.54, 1.807) is 42.6 Å². The van der Waals surface area contributed by atoms with Gasteiger partial charge in [-0.05, 0) is 81.1 Å². The predicted octanol–water partition coefficient (Wildman–Crippen LogP) is 7.02. The van der Waals surface area contributed by atoms with Gasteiger partial charge >= 0.3 is 6.09 Å². The van der Waals surface area contributed by atoms with Gasteiger partial charge in [-0.15, -0.1) is 0 Å². The van der Waals surface area contributed by atoms with Crippen LogP contribution in [0, 0.1) is 0 Å². The molecule has 0 bridgehead atoms. The zero-order valence-electron chi connectivity index (χ0n) is 23.1. The molecule has 0 spiro atoms. The van der Waals surface area contributed by atoms with E-state index in [-0.39, 0.29) is 5.91 Å². The minimum Gasteiger partial charge on any atom is -0.493 e. The van der Waals surface area contributed by atoms with Crippen molar-refractivity contribution in [2.24, 2.45) is 0 Å². The molecule has 0 aliphatic rings. The number of nitrogens with zero attached hydrogens (tertiary/aromatic N) is 1. The van der Waals surface area contributed by atoms with Gasteiger partial charge in [0.2, 0.25) is 0 Å². The first-order valence-electron chi connectivity index (χ1n) is 13.0. The molecule has 1 aromatic heterocycles. The average molecular weight is 553 g/mol. The van der Waals surface area contributed by atoms with Gasteiger partial charge in [0.05, 0.1) is 12.2 Å². The molecule has 208 valence electrons. The number of pyridine rings is 1. The molecule has 1 heterocycles. The molecule has 0 aliphatic carbocycles. The van der Waals surface area contributed by atoms with E-state index >= 15 is 0 Å². The smallest absolute Gasteiger partial charge is 0.407 e. The Morgan fingerprint density at radius 3 is 2.49 bits per heavy atom. The lowest BCUT2D eigenvalue weighted by atomic mass is 10.0. The second-order valence-corrected chi connectivity index (χ2v) is 10.8. The summed E-state index contributed by atoms with van der Waals surface area (Å²) in [4.78, 5) is 29.2. The summed E-state index contributed by atoms with van der Waals surface area (Å²) in [7, 11) is 0. The standard InChI is InChI=1S/C30H37ClN4O4/c1-20(2)21-9-10-22(26(18-21)38-17-7-16-33-29(37)39-30(3,4)5)19-34-27-25(8-6-15-32-27)28(36)35-24-13-11-23(31)12-14-24/h6,8-15,18,20H,7,16-17,19H2,1-5H3,(H,32,34)(H,33,37)(H,35,36). The minimum atomic E-state index is -0.538. The number of hydrogen-bond donors (Lipinski definition) is 3. The number of carbonyl (C=O) groups is 2. The number of benzene rings is 2. The molecule has 2 amide bonds. The lowest BCUT2D eigenvalue weighted by molar-refractivity contribution is 0.0525. The summed E-state index contributed by atoms with van der Waals surface area (Å²) in [5, 5.41) is 9.50. The van der Waals surface area contributed by atoms with Crippen molar-refractivity contribution in [2.75, 3.05) is 23.8 Å². The highest BCUT2D eigenvalue weighted by Crippen LogP contribution is 2.26. The number of nitrogens with one attached hydrogen (secondary N) is 3. The van der Waals surface area contributed by atoms with Gasteiger partial charge in [0.15, 0.2) is 0 Å². The highest BCUT2D eigenvalue weighted by molar-refractivity contribution is 6.30. The Kier molecular flexibility index (Phi) is 10.6. The molecule has 2 aromatic carbocycles. The second-order valence-electron chi connectivity index (χ2n) is 10.4. The fraction of sp³-hybridized carbons (Fsp3) is 0.367. The van der Waals surface area contributed by atoms with Gasteiger partial charge in [-0.1, -0.05) is 37.6 Å². The normalized spacial score (nSPS) is 11.2. The molecule has 8 nitrogen and oxygen atoms in total. The zero-order valence-corrected chi connectivity index (χ0v) is 23.9. The summed E-state index contributed by atoms with van der Waals surface area (Å²) in [6.45, 7) is 11.0. The maximum Gasteiger partial charge on any atom is 0.407 e. The number of ether oxygens (including phenoxy) is 2. The van der Waals surface area contributed by atoms with Gasteiger partial charge in [-0.25, -0.2) is 9.78 Å². The van der Waals surface area contributed by atoms with E-state index in [0.717, 1.165) is 16.9 Å². The number of amides is 2. The molecule has 9 heteroatoms. The van der Waals surface area contributed by atoms with Crippen molar-refractivity contribution in [3.05, 3.63) is 82.5 Å². The molecular weight excluding hydrogens is 516 g/mol. The largest absolute Gasteiger partial charge is 0.493 e. The van der Waals surface area contributed by atoms with Gasteiger partial charge in [0.1, 0.15) is 17.2 Å². The zero-order chi connectivity index (χ0) is 28.4. The summed E-state index contributed by atoms with van der Waals surface area (Å²) < 4.78 is 11.4. The molecule has 39 heavy (non-hydrogen) atoms. The number of carbonyl (C=O) groups excluding carboxylic acids is 2. The Labute approximate surface area is 235 Å². The van der Waals surface area contributed by atoms with Gasteiger partial charge in [-0.2, -0.15) is 0 Å². The van der Waals surface area contributed by atoms with Crippen molar-refractivity contribution >= 4 is 35.1 Å². The highest BCUT2D eigenvalue weighted by atomic mass is 35.5. The summed E-state index contributed by atoms with van der Waals surface area (Å²) in [6.07, 6.45) is 1.81. The van der Waals surface area contributed by atoms with Crippen molar-refractivity contribution in [1.82, 2.24) is 10.3 Å². The fourth-order valence-electron chi connectivity index (χ4n) is 3.61. The highest BCUT2D eigenvalue weighted by Gasteiger charge is 2.16. The summed E-state index contributed by atoms with van der Waals surface area (Å²) in [5.74, 6) is 1.26. The van der Waals surface area contributed by atoms with E-state index < -0.39 is 11.7 Å². The molecule has 0 fully saturated rings. The average Bonchev–Trinajstić information content (AvgIpc) is 2.88. The molecule has 0 aliphatic heterocycles. The van der Waals surface area contributed by atoms with Crippen LogP contribution in [0.5, 0.6) is 5.75 Å². The van der Waals surface area contributed by atoms with Crippen molar-refractivity contribution in [1.29, 1.82) is 0 Å². The third kappa shape index (κ3) is 9.80. The van der Waals surface area contributed by atoms with Crippen LogP contribution in [0.15, 0.2) is 60.8 Å². The van der Waals surface area contributed by atoms with Crippen LogP contribution in [0.2, 0.25) is 5.02 Å². The molecule has 0 unspecified atom stereocenters. The molecule has 0 saturated carbocycles. The van der Waals surface area contributed by atoms with Crippen LogP contribution < -0.4 is 20.7 Å². The van der Waals surface area contributed by atoms with E-state index in [1.807, 2.05) is 32.9 Å². The van der Waals surface area contributed by atoms with Crippen molar-refractivity contribution in [3.8, 4) is 5.75 Å². The second kappa shape index (κ2) is 13.8. The van der Waals surface area contributed by atoms with E-state index in [9.17, 15) is 9.59 Å². The Balaban J connectivity index is 1.64. The minimum absolute atomic E-state index is 0.281. The maximum absolute atomic E-state index is 13.0. The lowest BCUT2D eigenvalue weighted by Gasteiger charge is -2.20. The quantitative estimate of drug-likeness (QED) is 0.221. The van der Waals surface area contributed by atoms with E-state index in [1.165, 1.54) is 0 Å². The molecule has 3 rings (SSSR count). The van der Waals surface area contributed by atoms with Gasteiger partial charge in [0.25, 0.3) is 5.91 Å². The number of aromatic nitrogens is 1. The number of hydrogen-bond acceptors (Lipinski definition) is 6. The van der Waals surface area contributed by atoms with Gasteiger partial charge < -0.3 is 25.4 Å². The summed E-state index contributed by atoms with van der Waals surface area (Å²) >= 11 is 5.95. The van der Waals surface area contributed by atoms with Crippen LogP contribution in [-0.2, 0) is 11.3 Å².